The smallest absolute Gasteiger partial charge is 0.157 e. The van der Waals surface area contributed by atoms with Gasteiger partial charge in [0.25, 0.3) is 0 Å². The molecule has 2 aliphatic rings. The summed E-state index contributed by atoms with van der Waals surface area (Å²) >= 11 is 1.89. The van der Waals surface area contributed by atoms with Crippen molar-refractivity contribution in [2.75, 3.05) is 25.5 Å². The Hall–Kier alpha value is -0.220. The van der Waals surface area contributed by atoms with Gasteiger partial charge < -0.3 is 10.1 Å². The van der Waals surface area contributed by atoms with E-state index in [0.717, 1.165) is 24.9 Å². The van der Waals surface area contributed by atoms with Crippen LogP contribution in [-0.2, 0) is 4.74 Å². The molecule has 0 aromatic heterocycles. The van der Waals surface area contributed by atoms with Gasteiger partial charge in [-0.05, 0) is 18.8 Å². The molecule has 0 bridgehead atoms. The summed E-state index contributed by atoms with van der Waals surface area (Å²) in [5.74, 6) is 1.82. The molecule has 0 unspecified atom stereocenters. The lowest BCUT2D eigenvalue weighted by molar-refractivity contribution is 0.117. The molecule has 1 saturated carbocycles. The fourth-order valence-corrected chi connectivity index (χ4v) is 3.69. The van der Waals surface area contributed by atoms with Crippen molar-refractivity contribution in [1.29, 1.82) is 0 Å². The molecule has 98 valence electrons. The largest absolute Gasteiger partial charge is 0.379 e. The molecule has 1 heterocycles. The number of ether oxygens (including phenoxy) is 1. The molecular weight excluding hydrogens is 232 g/mol. The average molecular weight is 256 g/mol. The molecule has 3 nitrogen and oxygen atoms in total. The van der Waals surface area contributed by atoms with Crippen LogP contribution in [0.3, 0.4) is 0 Å². The molecule has 1 N–H and O–H groups in total. The van der Waals surface area contributed by atoms with Crippen molar-refractivity contribution >= 4 is 16.9 Å². The molecule has 0 atom stereocenters. The minimum absolute atomic E-state index is 0.391. The zero-order chi connectivity index (χ0) is 12.1. The predicted octanol–water partition coefficient (Wildman–Crippen LogP) is 2.66. The van der Waals surface area contributed by atoms with E-state index in [0.29, 0.717) is 11.5 Å². The molecule has 2 rings (SSSR count). The minimum atomic E-state index is 0.391. The molecule has 1 aliphatic carbocycles. The van der Waals surface area contributed by atoms with E-state index in [4.69, 9.17) is 4.74 Å². The zero-order valence-corrected chi connectivity index (χ0v) is 11.8. The van der Waals surface area contributed by atoms with E-state index in [2.05, 4.69) is 24.2 Å². The summed E-state index contributed by atoms with van der Waals surface area (Å²) in [4.78, 5) is 4.58. The number of hydrogen-bond acceptors (Lipinski definition) is 3. The van der Waals surface area contributed by atoms with Gasteiger partial charge in [0, 0.05) is 17.9 Å². The highest BCUT2D eigenvalue weighted by atomic mass is 32.2. The van der Waals surface area contributed by atoms with Gasteiger partial charge in [-0.3, -0.25) is 4.99 Å². The lowest BCUT2D eigenvalue weighted by Crippen LogP contribution is -2.40. The van der Waals surface area contributed by atoms with Crippen molar-refractivity contribution in [3.05, 3.63) is 0 Å². The Morgan fingerprint density at radius 3 is 2.88 bits per heavy atom. The number of rotatable bonds is 5. The van der Waals surface area contributed by atoms with Gasteiger partial charge in [0.05, 0.1) is 13.2 Å². The van der Waals surface area contributed by atoms with E-state index in [-0.39, 0.29) is 0 Å². The first-order valence-corrected chi connectivity index (χ1v) is 7.72. The monoisotopic (exact) mass is 256 g/mol. The first-order valence-electron chi connectivity index (χ1n) is 6.73. The second-order valence-corrected chi connectivity index (χ2v) is 6.52. The van der Waals surface area contributed by atoms with Crippen molar-refractivity contribution in [2.45, 2.75) is 45.1 Å². The molecule has 0 amide bonds. The van der Waals surface area contributed by atoms with Gasteiger partial charge in [0.1, 0.15) is 0 Å². The normalized spacial score (nSPS) is 25.0. The Balaban J connectivity index is 1.66. The molecule has 2 fully saturated rings. The van der Waals surface area contributed by atoms with Gasteiger partial charge in [-0.25, -0.2) is 0 Å². The third-order valence-corrected chi connectivity index (χ3v) is 4.56. The third kappa shape index (κ3) is 3.88. The van der Waals surface area contributed by atoms with E-state index in [1.807, 2.05) is 11.8 Å². The number of amidine groups is 1. The van der Waals surface area contributed by atoms with Crippen LogP contribution in [0, 0.1) is 5.92 Å². The summed E-state index contributed by atoms with van der Waals surface area (Å²) in [6.45, 7) is 6.72. The molecule has 4 heteroatoms. The van der Waals surface area contributed by atoms with Crippen LogP contribution in [0.5, 0.6) is 0 Å². The maximum Gasteiger partial charge on any atom is 0.157 e. The van der Waals surface area contributed by atoms with E-state index < -0.39 is 0 Å². The van der Waals surface area contributed by atoms with E-state index in [1.54, 1.807) is 0 Å². The Morgan fingerprint density at radius 2 is 2.18 bits per heavy atom. The van der Waals surface area contributed by atoms with Crippen LogP contribution >= 0.6 is 11.8 Å². The Bertz CT molecular complexity index is 273. The van der Waals surface area contributed by atoms with Crippen molar-refractivity contribution in [3.8, 4) is 0 Å². The predicted molar refractivity (Wildman–Crippen MR) is 74.8 cm³/mol. The zero-order valence-electron chi connectivity index (χ0n) is 11.0. The van der Waals surface area contributed by atoms with Gasteiger partial charge in [-0.2, -0.15) is 0 Å². The average Bonchev–Trinajstić information content (AvgIpc) is 2.89. The fraction of sp³-hybridized carbons (Fsp3) is 0.923. The summed E-state index contributed by atoms with van der Waals surface area (Å²) < 4.78 is 5.53. The van der Waals surface area contributed by atoms with Crippen molar-refractivity contribution in [2.24, 2.45) is 10.9 Å². The summed E-state index contributed by atoms with van der Waals surface area (Å²) in [7, 11) is 0. The van der Waals surface area contributed by atoms with Crippen molar-refractivity contribution < 1.29 is 4.74 Å². The van der Waals surface area contributed by atoms with Crippen LogP contribution in [0.15, 0.2) is 4.99 Å². The highest BCUT2D eigenvalue weighted by Crippen LogP contribution is 2.37. The van der Waals surface area contributed by atoms with Crippen LogP contribution in [0.25, 0.3) is 0 Å². The lowest BCUT2D eigenvalue weighted by Gasteiger charge is -2.21. The number of hydrogen-bond donors (Lipinski definition) is 1. The van der Waals surface area contributed by atoms with Crippen LogP contribution in [0.2, 0.25) is 0 Å². The Kier molecular flexibility index (Phi) is 4.74. The molecule has 0 aromatic carbocycles. The van der Waals surface area contributed by atoms with E-state index in [1.165, 1.54) is 31.4 Å². The van der Waals surface area contributed by atoms with E-state index >= 15 is 0 Å². The standard InChI is InChI=1S/C13H24N2OS/c1-11(2)9-16-8-7-14-12-15-13(10-17-12)5-3-4-6-13/h11H,3-10H2,1-2H3,(H,14,15). The number of aliphatic imine (C=N–C) groups is 1. The topological polar surface area (TPSA) is 33.6 Å². The summed E-state index contributed by atoms with van der Waals surface area (Å²) in [5.41, 5.74) is 0.391. The van der Waals surface area contributed by atoms with Crippen LogP contribution < -0.4 is 5.32 Å². The Labute approximate surface area is 109 Å². The van der Waals surface area contributed by atoms with E-state index in [9.17, 15) is 0 Å². The van der Waals surface area contributed by atoms with Crippen LogP contribution in [0.4, 0.5) is 0 Å². The highest BCUT2D eigenvalue weighted by Gasteiger charge is 2.39. The van der Waals surface area contributed by atoms with Gasteiger partial charge in [0.15, 0.2) is 5.17 Å². The maximum absolute atomic E-state index is 5.53. The second kappa shape index (κ2) is 6.10. The third-order valence-electron chi connectivity index (χ3n) is 3.36. The second-order valence-electron chi connectivity index (χ2n) is 5.56. The van der Waals surface area contributed by atoms with Gasteiger partial charge in [-0.15, -0.1) is 0 Å². The molecule has 0 aromatic rings. The first kappa shape index (κ1) is 13.2. The highest BCUT2D eigenvalue weighted by molar-refractivity contribution is 8.14. The number of nitrogens with one attached hydrogen (secondary N) is 1. The van der Waals surface area contributed by atoms with Gasteiger partial charge >= 0.3 is 0 Å². The van der Waals surface area contributed by atoms with Gasteiger partial charge in [0.2, 0.25) is 0 Å². The number of nitrogens with zero attached hydrogens (tertiary/aromatic N) is 1. The lowest BCUT2D eigenvalue weighted by atomic mass is 10.0. The SMILES string of the molecule is CC(C)COCCN=C1NC2(CCCC2)CS1. The maximum atomic E-state index is 5.53. The quantitative estimate of drug-likeness (QED) is 0.768. The Morgan fingerprint density at radius 1 is 1.41 bits per heavy atom. The summed E-state index contributed by atoms with van der Waals surface area (Å²) in [5, 5.41) is 4.76. The molecule has 1 saturated heterocycles. The first-order chi connectivity index (χ1) is 8.20. The van der Waals surface area contributed by atoms with Crippen LogP contribution in [-0.4, -0.2) is 36.2 Å². The fourth-order valence-electron chi connectivity index (χ4n) is 2.44. The molecule has 0 radical (unpaired) electrons. The minimum Gasteiger partial charge on any atom is -0.379 e. The number of thioether (sulfide) groups is 1. The molecular formula is C13H24N2OS. The van der Waals surface area contributed by atoms with Crippen molar-refractivity contribution in [1.82, 2.24) is 5.32 Å². The van der Waals surface area contributed by atoms with Crippen molar-refractivity contribution in [3.63, 3.8) is 0 Å². The summed E-state index contributed by atoms with van der Waals surface area (Å²) in [6.07, 6.45) is 5.39. The van der Waals surface area contributed by atoms with Crippen LogP contribution in [0.1, 0.15) is 39.5 Å². The molecule has 1 aliphatic heterocycles. The van der Waals surface area contributed by atoms with Gasteiger partial charge in [-0.1, -0.05) is 38.5 Å². The molecule has 1 spiro atoms. The summed E-state index contributed by atoms with van der Waals surface area (Å²) in [6, 6.07) is 0. The molecule has 17 heavy (non-hydrogen) atoms.